The minimum atomic E-state index is -0.432. The van der Waals surface area contributed by atoms with Gasteiger partial charge in [0.25, 0.3) is 11.6 Å². The number of carbonyl (C=O) groups excluding carboxylic acids is 1. The van der Waals surface area contributed by atoms with E-state index in [0.717, 1.165) is 22.5 Å². The number of non-ortho nitro benzene ring substituents is 1. The van der Waals surface area contributed by atoms with Gasteiger partial charge in [0.05, 0.1) is 21.2 Å². The van der Waals surface area contributed by atoms with Gasteiger partial charge in [0.2, 0.25) is 0 Å². The number of nitrogens with zero attached hydrogens (tertiary/aromatic N) is 3. The number of anilines is 1. The Morgan fingerprint density at radius 3 is 2.30 bits per heavy atom. The molecule has 5 rings (SSSR count). The summed E-state index contributed by atoms with van der Waals surface area (Å²) in [5.74, 6) is 0.476. The number of hydrogen-bond acceptors (Lipinski definition) is 6. The molecule has 8 heteroatoms. The smallest absolute Gasteiger partial charge is 0.271 e. The van der Waals surface area contributed by atoms with E-state index in [2.05, 4.69) is 0 Å². The van der Waals surface area contributed by atoms with Crippen LogP contribution in [0.25, 0.3) is 6.08 Å². The molecule has 0 saturated carbocycles. The molecule has 0 aliphatic carbocycles. The Kier molecular flexibility index (Phi) is 7.09. The van der Waals surface area contributed by atoms with Crippen LogP contribution in [0.5, 0.6) is 5.75 Å². The van der Waals surface area contributed by atoms with Crippen molar-refractivity contribution in [3.63, 3.8) is 0 Å². The molecule has 0 unspecified atom stereocenters. The van der Waals surface area contributed by atoms with Gasteiger partial charge in [-0.25, -0.2) is 4.99 Å². The van der Waals surface area contributed by atoms with Crippen LogP contribution < -0.4 is 9.64 Å². The topological polar surface area (TPSA) is 85.0 Å². The number of benzene rings is 4. The summed E-state index contributed by atoms with van der Waals surface area (Å²) in [7, 11) is 0. The van der Waals surface area contributed by atoms with Crippen LogP contribution in [0.4, 0.5) is 17.1 Å². The number of ether oxygens (including phenoxy) is 1. The number of carbonyl (C=O) groups is 1. The highest BCUT2D eigenvalue weighted by molar-refractivity contribution is 8.19. The number of thioether (sulfide) groups is 1. The fourth-order valence-electron chi connectivity index (χ4n) is 3.69. The van der Waals surface area contributed by atoms with Crippen LogP contribution in [0, 0.1) is 10.1 Å². The van der Waals surface area contributed by atoms with Gasteiger partial charge in [-0.05, 0) is 77.5 Å². The number of amides is 1. The molecule has 0 spiro atoms. The molecule has 1 fully saturated rings. The quantitative estimate of drug-likeness (QED) is 0.153. The molecule has 37 heavy (non-hydrogen) atoms. The lowest BCUT2D eigenvalue weighted by Crippen LogP contribution is -2.28. The van der Waals surface area contributed by atoms with Crippen molar-refractivity contribution < 1.29 is 14.5 Å². The fourth-order valence-corrected chi connectivity index (χ4v) is 4.69. The molecule has 1 aliphatic rings. The van der Waals surface area contributed by atoms with E-state index in [9.17, 15) is 14.9 Å². The zero-order valence-corrected chi connectivity index (χ0v) is 20.4. The maximum absolute atomic E-state index is 13.5. The van der Waals surface area contributed by atoms with Crippen LogP contribution >= 0.6 is 11.8 Å². The predicted octanol–water partition coefficient (Wildman–Crippen LogP) is 6.98. The molecule has 0 N–H and O–H groups in total. The minimum Gasteiger partial charge on any atom is -0.489 e. The van der Waals surface area contributed by atoms with Gasteiger partial charge in [0.1, 0.15) is 12.4 Å². The molecule has 1 aliphatic heterocycles. The lowest BCUT2D eigenvalue weighted by atomic mass is 10.2. The number of nitro benzene ring substituents is 1. The van der Waals surface area contributed by atoms with E-state index in [0.29, 0.717) is 15.8 Å². The lowest BCUT2D eigenvalue weighted by Gasteiger charge is -2.15. The van der Waals surface area contributed by atoms with Crippen molar-refractivity contribution in [1.82, 2.24) is 0 Å². The third-order valence-corrected chi connectivity index (χ3v) is 6.48. The van der Waals surface area contributed by atoms with Gasteiger partial charge in [-0.3, -0.25) is 19.8 Å². The highest BCUT2D eigenvalue weighted by Crippen LogP contribution is 2.37. The molecular weight excluding hydrogens is 486 g/mol. The average Bonchev–Trinajstić information content (AvgIpc) is 3.23. The van der Waals surface area contributed by atoms with Gasteiger partial charge in [-0.15, -0.1) is 0 Å². The highest BCUT2D eigenvalue weighted by Gasteiger charge is 2.34. The third-order valence-electron chi connectivity index (χ3n) is 5.51. The van der Waals surface area contributed by atoms with Crippen LogP contribution in [0.1, 0.15) is 11.1 Å². The van der Waals surface area contributed by atoms with Gasteiger partial charge in [0.15, 0.2) is 5.17 Å². The van der Waals surface area contributed by atoms with E-state index in [4.69, 9.17) is 9.73 Å². The molecule has 0 radical (unpaired) electrons. The first-order chi connectivity index (χ1) is 18.1. The van der Waals surface area contributed by atoms with E-state index in [1.807, 2.05) is 91.0 Å². The van der Waals surface area contributed by atoms with Crippen LogP contribution in [0.2, 0.25) is 0 Å². The number of hydrogen-bond donors (Lipinski definition) is 0. The summed E-state index contributed by atoms with van der Waals surface area (Å²) in [4.78, 5) is 30.8. The molecule has 4 aromatic rings. The number of aliphatic imine (C=N–C) groups is 1. The Labute approximate surface area is 217 Å². The monoisotopic (exact) mass is 507 g/mol. The first kappa shape index (κ1) is 24.0. The molecule has 1 heterocycles. The maximum atomic E-state index is 13.5. The van der Waals surface area contributed by atoms with E-state index in [1.165, 1.54) is 23.9 Å². The van der Waals surface area contributed by atoms with Gasteiger partial charge >= 0.3 is 0 Å². The molecular formula is C29H21N3O4S. The number of rotatable bonds is 7. The molecule has 182 valence electrons. The van der Waals surface area contributed by atoms with Gasteiger partial charge in [-0.1, -0.05) is 48.5 Å². The largest absolute Gasteiger partial charge is 0.489 e. The predicted molar refractivity (Wildman–Crippen MR) is 147 cm³/mol. The molecule has 4 aromatic carbocycles. The van der Waals surface area contributed by atoms with Crippen molar-refractivity contribution in [2.45, 2.75) is 6.61 Å². The second-order valence-corrected chi connectivity index (χ2v) is 9.11. The Morgan fingerprint density at radius 2 is 1.59 bits per heavy atom. The summed E-state index contributed by atoms with van der Waals surface area (Å²) in [6.45, 7) is 0.265. The maximum Gasteiger partial charge on any atom is 0.271 e. The summed E-state index contributed by atoms with van der Waals surface area (Å²) in [6, 6.07) is 32.7. The summed E-state index contributed by atoms with van der Waals surface area (Å²) in [6.07, 6.45) is 1.83. The molecule has 7 nitrogen and oxygen atoms in total. The molecule has 1 saturated heterocycles. The summed E-state index contributed by atoms with van der Waals surface area (Å²) < 4.78 is 5.89. The zero-order valence-electron chi connectivity index (χ0n) is 19.6. The SMILES string of the molecule is O=C1/C(=C/c2cccc(OCc3ccc([N+](=O)[O-])cc3)c2)SC(=Nc2ccccc2)N1c1ccccc1. The van der Waals surface area contributed by atoms with Crippen molar-refractivity contribution in [2.75, 3.05) is 4.90 Å². The van der Waals surface area contributed by atoms with Crippen molar-refractivity contribution in [3.05, 3.63) is 135 Å². The van der Waals surface area contributed by atoms with E-state index in [1.54, 1.807) is 17.0 Å². The molecule has 0 atom stereocenters. The molecule has 1 amide bonds. The normalized spacial score (nSPS) is 15.4. The van der Waals surface area contributed by atoms with Crippen LogP contribution in [0.15, 0.2) is 119 Å². The summed E-state index contributed by atoms with van der Waals surface area (Å²) >= 11 is 1.32. The van der Waals surface area contributed by atoms with Gasteiger partial charge < -0.3 is 4.74 Å². The van der Waals surface area contributed by atoms with Crippen molar-refractivity contribution in [1.29, 1.82) is 0 Å². The van der Waals surface area contributed by atoms with E-state index in [-0.39, 0.29) is 18.2 Å². The second-order valence-electron chi connectivity index (χ2n) is 8.10. The molecule has 0 bridgehead atoms. The zero-order chi connectivity index (χ0) is 25.6. The first-order valence-electron chi connectivity index (χ1n) is 11.5. The second kappa shape index (κ2) is 10.9. The van der Waals surface area contributed by atoms with Crippen LogP contribution in [0.3, 0.4) is 0 Å². The van der Waals surface area contributed by atoms with Gasteiger partial charge in [-0.2, -0.15) is 0 Å². The van der Waals surface area contributed by atoms with Gasteiger partial charge in [0, 0.05) is 12.1 Å². The summed E-state index contributed by atoms with van der Waals surface area (Å²) in [5.41, 5.74) is 3.18. The standard InChI is InChI=1S/C29H21N3O4S/c33-28-27(37-29(30-23-9-3-1-4-10-23)31(28)24-11-5-2-6-12-24)19-22-8-7-13-26(18-22)36-20-21-14-16-25(17-15-21)32(34)35/h1-19H,20H2/b27-19-,30-29?. The van der Waals surface area contributed by atoms with Crippen molar-refractivity contribution >= 4 is 46.0 Å². The highest BCUT2D eigenvalue weighted by atomic mass is 32.2. The van der Waals surface area contributed by atoms with E-state index >= 15 is 0 Å². The molecule has 0 aromatic heterocycles. The first-order valence-corrected chi connectivity index (χ1v) is 12.3. The average molecular weight is 508 g/mol. The Bertz CT molecular complexity index is 1490. The van der Waals surface area contributed by atoms with Crippen LogP contribution in [-0.4, -0.2) is 16.0 Å². The fraction of sp³-hybridized carbons (Fsp3) is 0.0345. The minimum absolute atomic E-state index is 0.0378. The number of para-hydroxylation sites is 2. The Balaban J connectivity index is 1.38. The third kappa shape index (κ3) is 5.76. The van der Waals surface area contributed by atoms with Crippen LogP contribution in [-0.2, 0) is 11.4 Å². The summed E-state index contributed by atoms with van der Waals surface area (Å²) in [5, 5.41) is 11.4. The van der Waals surface area contributed by atoms with Crippen molar-refractivity contribution in [3.8, 4) is 5.75 Å². The lowest BCUT2D eigenvalue weighted by molar-refractivity contribution is -0.384. The number of amidine groups is 1. The Hall–Kier alpha value is -4.69. The van der Waals surface area contributed by atoms with Crippen molar-refractivity contribution in [2.24, 2.45) is 4.99 Å². The Morgan fingerprint density at radius 1 is 0.892 bits per heavy atom. The van der Waals surface area contributed by atoms with E-state index < -0.39 is 4.92 Å². The number of nitro groups is 1.